The smallest absolute Gasteiger partial charge is 0.303 e. The quantitative estimate of drug-likeness (QED) is 0.794. The van der Waals surface area contributed by atoms with Gasteiger partial charge in [0.25, 0.3) is 0 Å². The van der Waals surface area contributed by atoms with Crippen LogP contribution in [0.5, 0.6) is 0 Å². The van der Waals surface area contributed by atoms with Crippen LogP contribution in [0.15, 0.2) is 0 Å². The predicted molar refractivity (Wildman–Crippen MR) is 65.1 cm³/mol. The summed E-state index contributed by atoms with van der Waals surface area (Å²) >= 11 is 0. The van der Waals surface area contributed by atoms with Crippen LogP contribution in [0.3, 0.4) is 0 Å². The first-order valence-electron chi connectivity index (χ1n) is 6.79. The van der Waals surface area contributed by atoms with Crippen molar-refractivity contribution in [3.8, 4) is 0 Å². The molecule has 102 valence electrons. The fraction of sp³-hybridized carbons (Fsp3) is 0.846. The topological polar surface area (TPSA) is 75.6 Å². The van der Waals surface area contributed by atoms with Gasteiger partial charge in [0.05, 0.1) is 0 Å². The summed E-state index contributed by atoms with van der Waals surface area (Å²) in [6.45, 7) is 0.684. The number of rotatable bonds is 4. The molecule has 0 aromatic heterocycles. The molecule has 1 saturated heterocycles. The van der Waals surface area contributed by atoms with Crippen molar-refractivity contribution in [3.05, 3.63) is 0 Å². The van der Waals surface area contributed by atoms with Crippen LogP contribution in [-0.4, -0.2) is 35.7 Å². The van der Waals surface area contributed by atoms with E-state index in [1.165, 1.54) is 0 Å². The summed E-state index contributed by atoms with van der Waals surface area (Å²) in [6.07, 6.45) is 5.33. The van der Waals surface area contributed by atoms with Gasteiger partial charge < -0.3 is 15.2 Å². The van der Waals surface area contributed by atoms with Gasteiger partial charge in [0, 0.05) is 19.1 Å². The molecule has 0 bridgehead atoms. The maximum Gasteiger partial charge on any atom is 0.303 e. The second-order valence-corrected chi connectivity index (χ2v) is 5.33. The summed E-state index contributed by atoms with van der Waals surface area (Å²) in [7, 11) is 0. The Balaban J connectivity index is 1.69. The van der Waals surface area contributed by atoms with E-state index in [1.54, 1.807) is 0 Å². The molecule has 1 aliphatic heterocycles. The molecule has 2 rings (SSSR count). The fourth-order valence-electron chi connectivity index (χ4n) is 2.84. The number of aliphatic carboxylic acids is 1. The van der Waals surface area contributed by atoms with Crippen LogP contribution in [0.1, 0.15) is 44.9 Å². The molecular formula is C13H21NO4. The first-order valence-corrected chi connectivity index (χ1v) is 6.79. The van der Waals surface area contributed by atoms with E-state index in [1.807, 2.05) is 0 Å². The Morgan fingerprint density at radius 1 is 1.17 bits per heavy atom. The highest BCUT2D eigenvalue weighted by atomic mass is 16.5. The van der Waals surface area contributed by atoms with E-state index in [9.17, 15) is 9.59 Å². The minimum Gasteiger partial charge on any atom is -0.481 e. The fourth-order valence-corrected chi connectivity index (χ4v) is 2.84. The molecule has 1 atom stereocenters. The van der Waals surface area contributed by atoms with E-state index in [0.717, 1.165) is 38.5 Å². The van der Waals surface area contributed by atoms with Crippen molar-refractivity contribution in [1.82, 2.24) is 5.32 Å². The SMILES string of the molecule is O=C(O)CC1CCC(NC(=O)C2CCCO2)CC1. The molecule has 0 radical (unpaired) electrons. The Morgan fingerprint density at radius 2 is 1.89 bits per heavy atom. The summed E-state index contributed by atoms with van der Waals surface area (Å²) in [5.41, 5.74) is 0. The van der Waals surface area contributed by atoms with Crippen molar-refractivity contribution in [2.75, 3.05) is 6.61 Å². The van der Waals surface area contributed by atoms with Crippen molar-refractivity contribution in [2.45, 2.75) is 57.1 Å². The molecule has 2 fully saturated rings. The zero-order chi connectivity index (χ0) is 13.0. The molecule has 5 nitrogen and oxygen atoms in total. The largest absolute Gasteiger partial charge is 0.481 e. The molecule has 2 N–H and O–H groups in total. The molecule has 5 heteroatoms. The second-order valence-electron chi connectivity index (χ2n) is 5.33. The maximum atomic E-state index is 11.8. The van der Waals surface area contributed by atoms with Crippen molar-refractivity contribution in [1.29, 1.82) is 0 Å². The molecule has 1 saturated carbocycles. The number of nitrogens with one attached hydrogen (secondary N) is 1. The summed E-state index contributed by atoms with van der Waals surface area (Å²) in [6, 6.07) is 0.201. The van der Waals surface area contributed by atoms with Gasteiger partial charge in [-0.3, -0.25) is 9.59 Å². The van der Waals surface area contributed by atoms with E-state index in [2.05, 4.69) is 5.32 Å². The zero-order valence-corrected chi connectivity index (χ0v) is 10.6. The third-order valence-corrected chi connectivity index (χ3v) is 3.88. The van der Waals surface area contributed by atoms with E-state index >= 15 is 0 Å². The Hall–Kier alpha value is -1.10. The highest BCUT2D eigenvalue weighted by Gasteiger charge is 2.28. The molecule has 0 aromatic carbocycles. The molecule has 1 unspecified atom stereocenters. The van der Waals surface area contributed by atoms with Gasteiger partial charge in [0.15, 0.2) is 0 Å². The van der Waals surface area contributed by atoms with Gasteiger partial charge in [0.1, 0.15) is 6.10 Å². The number of hydrogen-bond donors (Lipinski definition) is 2. The van der Waals surface area contributed by atoms with Gasteiger partial charge in [-0.05, 0) is 44.4 Å². The lowest BCUT2D eigenvalue weighted by Gasteiger charge is -2.28. The van der Waals surface area contributed by atoms with E-state index in [0.29, 0.717) is 6.61 Å². The zero-order valence-electron chi connectivity index (χ0n) is 10.6. The average molecular weight is 255 g/mol. The molecule has 2 aliphatic rings. The normalized spacial score (nSPS) is 32.1. The van der Waals surface area contributed by atoms with Crippen LogP contribution < -0.4 is 5.32 Å². The number of hydrogen-bond acceptors (Lipinski definition) is 3. The lowest BCUT2D eigenvalue weighted by molar-refractivity contribution is -0.138. The number of carboxylic acid groups (broad SMARTS) is 1. The Morgan fingerprint density at radius 3 is 2.44 bits per heavy atom. The number of ether oxygens (including phenoxy) is 1. The average Bonchev–Trinajstić information content (AvgIpc) is 2.84. The van der Waals surface area contributed by atoms with Crippen molar-refractivity contribution in [2.24, 2.45) is 5.92 Å². The Bertz CT molecular complexity index is 304. The van der Waals surface area contributed by atoms with E-state index in [-0.39, 0.29) is 30.4 Å². The monoisotopic (exact) mass is 255 g/mol. The van der Waals surface area contributed by atoms with Gasteiger partial charge in [-0.1, -0.05) is 0 Å². The van der Waals surface area contributed by atoms with Gasteiger partial charge >= 0.3 is 5.97 Å². The highest BCUT2D eigenvalue weighted by Crippen LogP contribution is 2.27. The van der Waals surface area contributed by atoms with E-state index in [4.69, 9.17) is 9.84 Å². The number of carbonyl (C=O) groups excluding carboxylic acids is 1. The Labute approximate surface area is 107 Å². The lowest BCUT2D eigenvalue weighted by atomic mass is 9.84. The lowest BCUT2D eigenvalue weighted by Crippen LogP contribution is -2.43. The van der Waals surface area contributed by atoms with Crippen molar-refractivity contribution < 1.29 is 19.4 Å². The molecule has 1 amide bonds. The minimum atomic E-state index is -0.721. The number of amides is 1. The van der Waals surface area contributed by atoms with Gasteiger partial charge in [-0.15, -0.1) is 0 Å². The first-order chi connectivity index (χ1) is 8.65. The number of carbonyl (C=O) groups is 2. The molecule has 1 aliphatic carbocycles. The van der Waals surface area contributed by atoms with Crippen LogP contribution in [0.2, 0.25) is 0 Å². The highest BCUT2D eigenvalue weighted by molar-refractivity contribution is 5.81. The standard InChI is InChI=1S/C13H21NO4/c15-12(16)8-9-3-5-10(6-4-9)14-13(17)11-2-1-7-18-11/h9-11H,1-8H2,(H,14,17)(H,15,16). The van der Waals surface area contributed by atoms with Gasteiger partial charge in [0.2, 0.25) is 5.91 Å². The van der Waals surface area contributed by atoms with Crippen LogP contribution in [0.4, 0.5) is 0 Å². The third-order valence-electron chi connectivity index (χ3n) is 3.88. The molecular weight excluding hydrogens is 234 g/mol. The minimum absolute atomic E-state index is 0.00850. The molecule has 1 heterocycles. The second kappa shape index (κ2) is 6.18. The molecule has 0 aromatic rings. The van der Waals surface area contributed by atoms with Gasteiger partial charge in [-0.25, -0.2) is 0 Å². The summed E-state index contributed by atoms with van der Waals surface area (Å²) in [5, 5.41) is 11.8. The van der Waals surface area contributed by atoms with Crippen molar-refractivity contribution >= 4 is 11.9 Å². The predicted octanol–water partition coefficient (Wildman–Crippen LogP) is 1.32. The maximum absolute atomic E-state index is 11.8. The molecule has 0 spiro atoms. The Kier molecular flexibility index (Phi) is 4.58. The van der Waals surface area contributed by atoms with Gasteiger partial charge in [-0.2, -0.15) is 0 Å². The first kappa shape index (κ1) is 13.3. The van der Waals surface area contributed by atoms with Crippen LogP contribution in [0.25, 0.3) is 0 Å². The van der Waals surface area contributed by atoms with E-state index < -0.39 is 5.97 Å². The molecule has 18 heavy (non-hydrogen) atoms. The third kappa shape index (κ3) is 3.70. The van der Waals surface area contributed by atoms with Crippen LogP contribution in [-0.2, 0) is 14.3 Å². The summed E-state index contributed by atoms with van der Waals surface area (Å²) < 4.78 is 5.34. The van der Waals surface area contributed by atoms with Crippen molar-refractivity contribution in [3.63, 3.8) is 0 Å². The van der Waals surface area contributed by atoms with Crippen LogP contribution >= 0.6 is 0 Å². The summed E-state index contributed by atoms with van der Waals surface area (Å²) in [4.78, 5) is 22.5. The summed E-state index contributed by atoms with van der Waals surface area (Å²) in [5.74, 6) is -0.436. The number of carboxylic acids is 1. The van der Waals surface area contributed by atoms with Crippen LogP contribution in [0, 0.1) is 5.92 Å².